The summed E-state index contributed by atoms with van der Waals surface area (Å²) in [6, 6.07) is 3.58. The molecule has 3 atom stereocenters. The summed E-state index contributed by atoms with van der Waals surface area (Å²) in [5, 5.41) is 3.89. The first-order chi connectivity index (χ1) is 11.3. The molecule has 0 saturated carbocycles. The van der Waals surface area contributed by atoms with Crippen LogP contribution in [0.25, 0.3) is 0 Å². The molecule has 0 aromatic heterocycles. The average Bonchev–Trinajstić information content (AvgIpc) is 2.48. The van der Waals surface area contributed by atoms with Gasteiger partial charge in [-0.15, -0.1) is 0 Å². The largest absolute Gasteiger partial charge is 0.466 e. The van der Waals surface area contributed by atoms with Crippen molar-refractivity contribution in [1.82, 2.24) is 10.2 Å². The third-order valence-electron chi connectivity index (χ3n) is 4.51. The van der Waals surface area contributed by atoms with E-state index in [-0.39, 0.29) is 12.0 Å². The maximum atomic E-state index is 12.7. The molecule has 0 unspecified atom stereocenters. The van der Waals surface area contributed by atoms with Gasteiger partial charge in [0.15, 0.2) is 10.8 Å². The fraction of sp³-hybridized carbons (Fsp3) is 0.500. The van der Waals surface area contributed by atoms with E-state index < -0.39 is 11.6 Å². The molecule has 0 radical (unpaired) electrons. The van der Waals surface area contributed by atoms with E-state index in [9.17, 15) is 4.79 Å². The molecule has 2 bridgehead atoms. The van der Waals surface area contributed by atoms with Gasteiger partial charge in [0.2, 0.25) is 0 Å². The standard InChI is InChI=1S/C16H18Br2N2O3S/c1-4-20-15(24)19-12-9-6-8(17)7-10(18)13(9)23-16(20,3)11(12)14(21)22-5-2/h6-7,11-12H,4-5H2,1-3H3,(H,19,24)/t11-,12+,16+/m1/s1. The lowest BCUT2D eigenvalue weighted by atomic mass is 9.79. The number of carbonyl (C=O) groups excluding carboxylic acids is 1. The Morgan fingerprint density at radius 1 is 1.46 bits per heavy atom. The van der Waals surface area contributed by atoms with Crippen LogP contribution < -0.4 is 10.1 Å². The second-order valence-electron chi connectivity index (χ2n) is 5.86. The van der Waals surface area contributed by atoms with Crippen LogP contribution in [0, 0.1) is 5.92 Å². The van der Waals surface area contributed by atoms with E-state index in [1.54, 1.807) is 6.92 Å². The molecule has 0 aliphatic carbocycles. The van der Waals surface area contributed by atoms with Crippen molar-refractivity contribution in [3.8, 4) is 5.75 Å². The molecule has 0 spiro atoms. The normalized spacial score (nSPS) is 27.9. The minimum absolute atomic E-state index is 0.291. The number of thiocarbonyl (C=S) groups is 1. The van der Waals surface area contributed by atoms with Gasteiger partial charge in [-0.2, -0.15) is 0 Å². The zero-order valence-corrected chi connectivity index (χ0v) is 17.5. The van der Waals surface area contributed by atoms with Crippen LogP contribution in [0.3, 0.4) is 0 Å². The van der Waals surface area contributed by atoms with Crippen LogP contribution in [0.2, 0.25) is 0 Å². The number of rotatable bonds is 3. The van der Waals surface area contributed by atoms with Crippen LogP contribution in [-0.2, 0) is 9.53 Å². The number of nitrogens with one attached hydrogen (secondary N) is 1. The van der Waals surface area contributed by atoms with Gasteiger partial charge >= 0.3 is 5.97 Å². The zero-order valence-electron chi connectivity index (χ0n) is 13.6. The Balaban J connectivity index is 2.20. The SMILES string of the molecule is CCOC(=O)[C@H]1[C@H]2NC(=S)N(CC)[C@@]1(C)Oc1c(Br)cc(Br)cc12. The summed E-state index contributed by atoms with van der Waals surface area (Å²) in [7, 11) is 0. The van der Waals surface area contributed by atoms with E-state index in [2.05, 4.69) is 37.2 Å². The molecular weight excluding hydrogens is 460 g/mol. The first-order valence-corrected chi connectivity index (χ1v) is 9.75. The van der Waals surface area contributed by atoms with Gasteiger partial charge < -0.3 is 19.7 Å². The van der Waals surface area contributed by atoms with Crippen molar-refractivity contribution in [2.24, 2.45) is 5.92 Å². The number of carbonyl (C=O) groups is 1. The van der Waals surface area contributed by atoms with Gasteiger partial charge in [0, 0.05) is 16.6 Å². The Labute approximate surface area is 163 Å². The van der Waals surface area contributed by atoms with Gasteiger partial charge in [-0.05, 0) is 61.1 Å². The lowest BCUT2D eigenvalue weighted by molar-refractivity contribution is -0.175. The first-order valence-electron chi connectivity index (χ1n) is 7.76. The van der Waals surface area contributed by atoms with Crippen molar-refractivity contribution < 1.29 is 14.3 Å². The fourth-order valence-electron chi connectivity index (χ4n) is 3.52. The van der Waals surface area contributed by atoms with Crippen molar-refractivity contribution in [2.75, 3.05) is 13.2 Å². The van der Waals surface area contributed by atoms with Gasteiger partial charge in [0.25, 0.3) is 0 Å². The molecule has 130 valence electrons. The molecule has 2 aliphatic rings. The number of nitrogens with zero attached hydrogens (tertiary/aromatic N) is 1. The average molecular weight is 478 g/mol. The number of esters is 1. The smallest absolute Gasteiger partial charge is 0.317 e. The molecule has 1 N–H and O–H groups in total. The maximum absolute atomic E-state index is 12.7. The van der Waals surface area contributed by atoms with Gasteiger partial charge in [-0.1, -0.05) is 15.9 Å². The van der Waals surface area contributed by atoms with Crippen molar-refractivity contribution in [1.29, 1.82) is 0 Å². The summed E-state index contributed by atoms with van der Waals surface area (Å²) in [6.07, 6.45) is 0. The molecule has 8 heteroatoms. The minimum Gasteiger partial charge on any atom is -0.466 e. The highest BCUT2D eigenvalue weighted by Crippen LogP contribution is 2.51. The van der Waals surface area contributed by atoms with Crippen LogP contribution in [0.15, 0.2) is 21.1 Å². The molecule has 1 fully saturated rings. The molecule has 24 heavy (non-hydrogen) atoms. The Morgan fingerprint density at radius 3 is 2.79 bits per heavy atom. The van der Waals surface area contributed by atoms with E-state index in [1.807, 2.05) is 30.9 Å². The van der Waals surface area contributed by atoms with Crippen LogP contribution in [-0.4, -0.2) is 34.9 Å². The zero-order chi connectivity index (χ0) is 17.6. The quantitative estimate of drug-likeness (QED) is 0.528. The Hall–Kier alpha value is -0.860. The summed E-state index contributed by atoms with van der Waals surface area (Å²) in [5.74, 6) is -0.0994. The predicted molar refractivity (Wildman–Crippen MR) is 102 cm³/mol. The Morgan fingerprint density at radius 2 is 2.17 bits per heavy atom. The molecule has 2 heterocycles. The van der Waals surface area contributed by atoms with E-state index in [4.69, 9.17) is 21.7 Å². The highest BCUT2D eigenvalue weighted by Gasteiger charge is 2.59. The van der Waals surface area contributed by atoms with Crippen molar-refractivity contribution >= 4 is 55.2 Å². The molecule has 2 aliphatic heterocycles. The fourth-order valence-corrected chi connectivity index (χ4v) is 5.30. The summed E-state index contributed by atoms with van der Waals surface area (Å²) in [6.45, 7) is 6.63. The number of halogens is 2. The van der Waals surface area contributed by atoms with Crippen LogP contribution in [0.4, 0.5) is 0 Å². The molecule has 1 aromatic carbocycles. The second kappa shape index (κ2) is 6.46. The Bertz CT molecular complexity index is 715. The molecule has 1 aromatic rings. The number of hydrogen-bond acceptors (Lipinski definition) is 4. The van der Waals surface area contributed by atoms with Crippen molar-refractivity contribution in [3.63, 3.8) is 0 Å². The van der Waals surface area contributed by atoms with E-state index in [1.165, 1.54) is 0 Å². The van der Waals surface area contributed by atoms with E-state index in [0.29, 0.717) is 18.3 Å². The van der Waals surface area contributed by atoms with E-state index >= 15 is 0 Å². The summed E-state index contributed by atoms with van der Waals surface area (Å²) >= 11 is 12.6. The number of benzene rings is 1. The first kappa shape index (κ1) is 17.9. The van der Waals surface area contributed by atoms with Gasteiger partial charge in [-0.3, -0.25) is 4.79 Å². The molecule has 0 amide bonds. The Kier molecular flexibility index (Phi) is 4.83. The van der Waals surface area contributed by atoms with Gasteiger partial charge in [-0.25, -0.2) is 0 Å². The van der Waals surface area contributed by atoms with Gasteiger partial charge in [0.05, 0.1) is 17.1 Å². The molecule has 5 nitrogen and oxygen atoms in total. The highest BCUT2D eigenvalue weighted by atomic mass is 79.9. The molecule has 1 saturated heterocycles. The van der Waals surface area contributed by atoms with Crippen LogP contribution in [0.1, 0.15) is 32.4 Å². The van der Waals surface area contributed by atoms with E-state index in [0.717, 1.165) is 20.3 Å². The lowest BCUT2D eigenvalue weighted by Crippen LogP contribution is -2.71. The summed E-state index contributed by atoms with van der Waals surface area (Å²) in [4.78, 5) is 14.6. The number of hydrogen-bond donors (Lipinski definition) is 1. The lowest BCUT2D eigenvalue weighted by Gasteiger charge is -2.55. The van der Waals surface area contributed by atoms with Crippen molar-refractivity contribution in [2.45, 2.75) is 32.5 Å². The maximum Gasteiger partial charge on any atom is 0.317 e. The van der Waals surface area contributed by atoms with Gasteiger partial charge in [0.1, 0.15) is 11.7 Å². The topological polar surface area (TPSA) is 50.8 Å². The molecular formula is C16H18Br2N2O3S. The van der Waals surface area contributed by atoms with Crippen molar-refractivity contribution in [3.05, 3.63) is 26.6 Å². The predicted octanol–water partition coefficient (Wildman–Crippen LogP) is 3.75. The number of fused-ring (bicyclic) bond motifs is 4. The molecule has 3 rings (SSSR count). The summed E-state index contributed by atoms with van der Waals surface area (Å²) < 4.78 is 13.4. The third-order valence-corrected chi connectivity index (χ3v) is 5.89. The minimum atomic E-state index is -0.905. The highest BCUT2D eigenvalue weighted by molar-refractivity contribution is 9.11. The third kappa shape index (κ3) is 2.63. The van der Waals surface area contributed by atoms with Crippen LogP contribution >= 0.6 is 44.1 Å². The second-order valence-corrected chi connectivity index (χ2v) is 8.02. The monoisotopic (exact) mass is 476 g/mol. The van der Waals surface area contributed by atoms with Crippen LogP contribution in [0.5, 0.6) is 5.75 Å². The number of ether oxygens (including phenoxy) is 2. The summed E-state index contributed by atoms with van der Waals surface area (Å²) in [5.41, 5.74) is -0.0259.